The van der Waals surface area contributed by atoms with Gasteiger partial charge in [0.15, 0.2) is 12.2 Å². The standard InChI is InChI=1S/C30H29N5O3/c1-4-38-24-15-13-23(14-16-24)35-25(22-11-6-5-7-12-22)19-33-26-27(31-29(33)35)32(3)30(37)34(28(26)36)18-21-10-8-9-20(2)17-21/h5-17,19,26-27H,4,18H2,1-3H3. The predicted octanol–water partition coefficient (Wildman–Crippen LogP) is 4.67. The highest BCUT2D eigenvalue weighted by atomic mass is 16.5. The zero-order valence-corrected chi connectivity index (χ0v) is 21.6. The van der Waals surface area contributed by atoms with Crippen LogP contribution in [-0.4, -0.2) is 58.5 Å². The Morgan fingerprint density at radius 2 is 1.71 bits per heavy atom. The molecule has 0 aromatic heterocycles. The van der Waals surface area contributed by atoms with Crippen molar-refractivity contribution in [3.05, 3.63) is 102 Å². The van der Waals surface area contributed by atoms with Crippen molar-refractivity contribution in [3.8, 4) is 5.75 Å². The average Bonchev–Trinajstić information content (AvgIpc) is 3.48. The number of anilines is 1. The molecule has 192 valence electrons. The number of hydrogen-bond acceptors (Lipinski definition) is 6. The van der Waals surface area contributed by atoms with Crippen molar-refractivity contribution in [3.63, 3.8) is 0 Å². The number of amides is 3. The lowest BCUT2D eigenvalue weighted by Gasteiger charge is -2.40. The monoisotopic (exact) mass is 507 g/mol. The first kappa shape index (κ1) is 23.8. The van der Waals surface area contributed by atoms with Gasteiger partial charge < -0.3 is 9.64 Å². The summed E-state index contributed by atoms with van der Waals surface area (Å²) in [7, 11) is 1.71. The Morgan fingerprint density at radius 3 is 2.42 bits per heavy atom. The van der Waals surface area contributed by atoms with E-state index < -0.39 is 12.2 Å². The second-order valence-corrected chi connectivity index (χ2v) is 9.64. The number of carbonyl (C=O) groups is 2. The number of likely N-dealkylation sites (N-methyl/N-ethyl adjacent to an activating group) is 1. The van der Waals surface area contributed by atoms with Crippen LogP contribution in [0.2, 0.25) is 0 Å². The third-order valence-electron chi connectivity index (χ3n) is 7.11. The smallest absolute Gasteiger partial charge is 0.328 e. The van der Waals surface area contributed by atoms with Crippen LogP contribution in [0.15, 0.2) is 90.1 Å². The molecule has 2 atom stereocenters. The van der Waals surface area contributed by atoms with Gasteiger partial charge in [0.25, 0.3) is 5.91 Å². The van der Waals surface area contributed by atoms with Gasteiger partial charge in [-0.3, -0.25) is 19.5 Å². The van der Waals surface area contributed by atoms with E-state index in [0.29, 0.717) is 12.6 Å². The van der Waals surface area contributed by atoms with Gasteiger partial charge in [-0.1, -0.05) is 60.2 Å². The molecule has 1 fully saturated rings. The molecular weight excluding hydrogens is 478 g/mol. The number of benzene rings is 3. The molecule has 0 radical (unpaired) electrons. The Balaban J connectivity index is 1.39. The molecule has 0 bridgehead atoms. The van der Waals surface area contributed by atoms with E-state index in [1.54, 1.807) is 11.9 Å². The highest BCUT2D eigenvalue weighted by molar-refractivity contribution is 6.16. The Labute approximate surface area is 222 Å². The molecule has 0 aliphatic carbocycles. The van der Waals surface area contributed by atoms with E-state index in [1.807, 2.05) is 109 Å². The van der Waals surface area contributed by atoms with E-state index >= 15 is 0 Å². The van der Waals surface area contributed by atoms with E-state index in [9.17, 15) is 9.59 Å². The molecule has 2 unspecified atom stereocenters. The topological polar surface area (TPSA) is 68.7 Å². The molecule has 3 aromatic rings. The molecule has 3 aliphatic rings. The summed E-state index contributed by atoms with van der Waals surface area (Å²) in [6.07, 6.45) is 1.36. The molecule has 3 aromatic carbocycles. The number of aryl methyl sites for hydroxylation is 1. The third kappa shape index (κ3) is 3.89. The predicted molar refractivity (Wildman–Crippen MR) is 146 cm³/mol. The molecule has 0 saturated carbocycles. The van der Waals surface area contributed by atoms with E-state index in [4.69, 9.17) is 9.73 Å². The van der Waals surface area contributed by atoms with Crippen LogP contribution in [0.1, 0.15) is 23.6 Å². The zero-order valence-electron chi connectivity index (χ0n) is 21.6. The van der Waals surface area contributed by atoms with Crippen molar-refractivity contribution < 1.29 is 14.3 Å². The van der Waals surface area contributed by atoms with Crippen LogP contribution in [0.5, 0.6) is 5.75 Å². The minimum Gasteiger partial charge on any atom is -0.494 e. The Bertz CT molecular complexity index is 1450. The summed E-state index contributed by atoms with van der Waals surface area (Å²) < 4.78 is 5.64. The van der Waals surface area contributed by atoms with Crippen LogP contribution < -0.4 is 9.64 Å². The first-order chi connectivity index (χ1) is 18.5. The average molecular weight is 508 g/mol. The van der Waals surface area contributed by atoms with Crippen molar-refractivity contribution in [1.29, 1.82) is 0 Å². The van der Waals surface area contributed by atoms with Gasteiger partial charge in [0.1, 0.15) is 5.75 Å². The SMILES string of the molecule is CCOc1ccc(N2C(c3ccccc3)=CN3C2=NC2C3C(=O)N(Cc3cccc(C)c3)C(=O)N2C)cc1. The van der Waals surface area contributed by atoms with Crippen molar-refractivity contribution in [2.45, 2.75) is 32.6 Å². The zero-order chi connectivity index (χ0) is 26.4. The summed E-state index contributed by atoms with van der Waals surface area (Å²) in [6.45, 7) is 4.75. The lowest BCUT2D eigenvalue weighted by atomic mass is 10.1. The maximum atomic E-state index is 13.9. The van der Waals surface area contributed by atoms with Crippen LogP contribution in [0.4, 0.5) is 10.5 Å². The number of nitrogens with zero attached hydrogens (tertiary/aromatic N) is 5. The van der Waals surface area contributed by atoms with Crippen molar-refractivity contribution in [2.24, 2.45) is 4.99 Å². The molecule has 8 nitrogen and oxygen atoms in total. The van der Waals surface area contributed by atoms with Crippen LogP contribution in [0.3, 0.4) is 0 Å². The number of ether oxygens (including phenoxy) is 1. The van der Waals surface area contributed by atoms with Gasteiger partial charge in [-0.05, 0) is 43.7 Å². The van der Waals surface area contributed by atoms with Gasteiger partial charge >= 0.3 is 6.03 Å². The minimum atomic E-state index is -0.649. The number of guanidine groups is 1. The Kier molecular flexibility index (Phi) is 5.87. The first-order valence-electron chi connectivity index (χ1n) is 12.8. The van der Waals surface area contributed by atoms with E-state index in [2.05, 4.69) is 0 Å². The molecule has 3 aliphatic heterocycles. The molecule has 1 saturated heterocycles. The highest BCUT2D eigenvalue weighted by Crippen LogP contribution is 2.40. The molecule has 6 rings (SSSR count). The number of aliphatic imine (C=N–C) groups is 1. The molecule has 0 N–H and O–H groups in total. The van der Waals surface area contributed by atoms with Crippen molar-refractivity contribution in [2.75, 3.05) is 18.6 Å². The fourth-order valence-electron chi connectivity index (χ4n) is 5.30. The van der Waals surface area contributed by atoms with Gasteiger partial charge in [-0.15, -0.1) is 0 Å². The van der Waals surface area contributed by atoms with Crippen molar-refractivity contribution in [1.82, 2.24) is 14.7 Å². The third-order valence-corrected chi connectivity index (χ3v) is 7.11. The summed E-state index contributed by atoms with van der Waals surface area (Å²) >= 11 is 0. The molecule has 3 amide bonds. The maximum absolute atomic E-state index is 13.9. The minimum absolute atomic E-state index is 0.216. The summed E-state index contributed by atoms with van der Waals surface area (Å²) in [6, 6.07) is 24.7. The fourth-order valence-corrected chi connectivity index (χ4v) is 5.30. The number of fused-ring (bicyclic) bond motifs is 3. The van der Waals surface area contributed by atoms with Gasteiger partial charge in [0.2, 0.25) is 5.96 Å². The number of carbonyl (C=O) groups excluding carboxylic acids is 2. The van der Waals surface area contributed by atoms with E-state index in [1.165, 1.54) is 4.90 Å². The van der Waals surface area contributed by atoms with Gasteiger partial charge in [-0.2, -0.15) is 0 Å². The molecule has 8 heteroatoms. The Morgan fingerprint density at radius 1 is 0.947 bits per heavy atom. The first-order valence-corrected chi connectivity index (χ1v) is 12.8. The molecule has 3 heterocycles. The van der Waals surface area contributed by atoms with Crippen LogP contribution >= 0.6 is 0 Å². The number of urea groups is 1. The molecule has 38 heavy (non-hydrogen) atoms. The summed E-state index contributed by atoms with van der Waals surface area (Å²) in [5, 5.41) is 0. The van der Waals surface area contributed by atoms with Crippen molar-refractivity contribution >= 4 is 29.3 Å². The summed E-state index contributed by atoms with van der Waals surface area (Å²) in [5.41, 5.74) is 4.79. The molecular formula is C30H29N5O3. The largest absolute Gasteiger partial charge is 0.494 e. The van der Waals surface area contributed by atoms with Gasteiger partial charge in [0.05, 0.1) is 18.8 Å². The second kappa shape index (κ2) is 9.37. The lowest BCUT2D eigenvalue weighted by molar-refractivity contribution is -0.137. The fraction of sp³-hybridized carbons (Fsp3) is 0.233. The second-order valence-electron chi connectivity index (χ2n) is 9.64. The number of hydrogen-bond donors (Lipinski definition) is 0. The van der Waals surface area contributed by atoms with E-state index in [0.717, 1.165) is 33.8 Å². The number of imide groups is 1. The van der Waals surface area contributed by atoms with Crippen LogP contribution in [0, 0.1) is 6.92 Å². The Hall–Kier alpha value is -4.59. The maximum Gasteiger partial charge on any atom is 0.328 e. The highest BCUT2D eigenvalue weighted by Gasteiger charge is 2.54. The normalized spacial score (nSPS) is 20.4. The van der Waals surface area contributed by atoms with Gasteiger partial charge in [0, 0.05) is 24.5 Å². The quantitative estimate of drug-likeness (QED) is 0.485. The van der Waals surface area contributed by atoms with Crippen LogP contribution in [0.25, 0.3) is 5.70 Å². The molecule has 0 spiro atoms. The lowest BCUT2D eigenvalue weighted by Crippen LogP contribution is -2.63. The summed E-state index contributed by atoms with van der Waals surface area (Å²) in [4.78, 5) is 39.0. The van der Waals surface area contributed by atoms with E-state index in [-0.39, 0.29) is 18.5 Å². The summed E-state index contributed by atoms with van der Waals surface area (Å²) in [5.74, 6) is 1.15. The number of rotatable bonds is 6. The van der Waals surface area contributed by atoms with Crippen LogP contribution in [-0.2, 0) is 11.3 Å². The van der Waals surface area contributed by atoms with Gasteiger partial charge in [-0.25, -0.2) is 9.79 Å².